The van der Waals surface area contributed by atoms with Crippen LogP contribution in [-0.4, -0.2) is 44.2 Å². The zero-order valence-electron chi connectivity index (χ0n) is 19.4. The zero-order chi connectivity index (χ0) is 25.5. The number of nitrogens with zero attached hydrogens (tertiary/aromatic N) is 1. The van der Waals surface area contributed by atoms with Gasteiger partial charge in [-0.25, -0.2) is 9.37 Å². The fourth-order valence-electron chi connectivity index (χ4n) is 3.28. The third-order valence-electron chi connectivity index (χ3n) is 5.16. The van der Waals surface area contributed by atoms with Crippen LogP contribution in [0.1, 0.15) is 28.9 Å². The van der Waals surface area contributed by atoms with E-state index in [9.17, 15) is 14.0 Å². The van der Waals surface area contributed by atoms with Crippen LogP contribution in [0.3, 0.4) is 0 Å². The molecule has 184 valence electrons. The van der Waals surface area contributed by atoms with Crippen molar-refractivity contribution in [3.05, 3.63) is 70.1 Å². The van der Waals surface area contributed by atoms with Crippen molar-refractivity contribution in [1.29, 1.82) is 0 Å². The number of halogens is 2. The van der Waals surface area contributed by atoms with Gasteiger partial charge in [0.2, 0.25) is 0 Å². The third kappa shape index (κ3) is 6.48. The molecular formula is C25H25BrFN3O5. The standard InChI is InChI=1S/C25H25BrFN3O5/c1-14(12-29-25(32)16-5-8-20(22(11-16)34-3)35-13-23(28)31)19-7-9-21(33-2)24(30-19)15-4-6-18(27)17(26)10-15/h4-11,14H,12-13H2,1-3H3,(H2,28,31)(H,29,32). The van der Waals surface area contributed by atoms with Crippen molar-refractivity contribution < 1.29 is 28.2 Å². The number of carbonyl (C=O) groups excluding carboxylic acids is 2. The van der Waals surface area contributed by atoms with E-state index in [2.05, 4.69) is 21.2 Å². The normalized spacial score (nSPS) is 11.5. The first-order valence-electron chi connectivity index (χ1n) is 10.6. The van der Waals surface area contributed by atoms with Crippen LogP contribution in [0.5, 0.6) is 17.2 Å². The summed E-state index contributed by atoms with van der Waals surface area (Å²) in [7, 11) is 2.98. The number of nitrogens with one attached hydrogen (secondary N) is 1. The van der Waals surface area contributed by atoms with E-state index in [4.69, 9.17) is 24.9 Å². The lowest BCUT2D eigenvalue weighted by atomic mass is 10.0. The molecule has 35 heavy (non-hydrogen) atoms. The van der Waals surface area contributed by atoms with Gasteiger partial charge in [-0.1, -0.05) is 6.92 Å². The Hall–Kier alpha value is -3.66. The summed E-state index contributed by atoms with van der Waals surface area (Å²) in [6.45, 7) is 1.94. The van der Waals surface area contributed by atoms with E-state index in [0.29, 0.717) is 45.1 Å². The number of carbonyl (C=O) groups is 2. The van der Waals surface area contributed by atoms with Gasteiger partial charge < -0.3 is 25.3 Å². The van der Waals surface area contributed by atoms with Crippen LogP contribution in [0.4, 0.5) is 4.39 Å². The molecule has 2 amide bonds. The van der Waals surface area contributed by atoms with Crippen LogP contribution in [0, 0.1) is 5.82 Å². The zero-order valence-corrected chi connectivity index (χ0v) is 21.0. The summed E-state index contributed by atoms with van der Waals surface area (Å²) in [5.41, 5.74) is 7.45. The van der Waals surface area contributed by atoms with Crippen molar-refractivity contribution >= 4 is 27.7 Å². The molecule has 1 atom stereocenters. The van der Waals surface area contributed by atoms with Gasteiger partial charge in [0.1, 0.15) is 17.3 Å². The molecule has 0 spiro atoms. The Morgan fingerprint density at radius 3 is 2.43 bits per heavy atom. The Bertz CT molecular complexity index is 1240. The summed E-state index contributed by atoms with van der Waals surface area (Å²) in [6, 6.07) is 12.9. The number of amides is 2. The lowest BCUT2D eigenvalue weighted by Gasteiger charge is -2.16. The maximum Gasteiger partial charge on any atom is 0.255 e. The molecule has 8 nitrogen and oxygen atoms in total. The Labute approximate surface area is 210 Å². The quantitative estimate of drug-likeness (QED) is 0.397. The number of benzene rings is 2. The molecular weight excluding hydrogens is 521 g/mol. The number of nitrogens with two attached hydrogens (primary N) is 1. The molecule has 10 heteroatoms. The molecule has 0 bridgehead atoms. The minimum Gasteiger partial charge on any atom is -0.494 e. The molecule has 0 saturated carbocycles. The highest BCUT2D eigenvalue weighted by Gasteiger charge is 2.17. The number of hydrogen-bond acceptors (Lipinski definition) is 6. The Morgan fingerprint density at radius 2 is 1.77 bits per heavy atom. The van der Waals surface area contributed by atoms with Gasteiger partial charge >= 0.3 is 0 Å². The first kappa shape index (κ1) is 26.0. The topological polar surface area (TPSA) is 113 Å². The number of methoxy groups -OCH3 is 2. The Balaban J connectivity index is 1.73. The van der Waals surface area contributed by atoms with E-state index in [1.165, 1.54) is 25.3 Å². The van der Waals surface area contributed by atoms with Crippen molar-refractivity contribution in [3.63, 3.8) is 0 Å². The summed E-state index contributed by atoms with van der Waals surface area (Å²) >= 11 is 3.20. The lowest BCUT2D eigenvalue weighted by Crippen LogP contribution is -2.28. The molecule has 1 unspecified atom stereocenters. The van der Waals surface area contributed by atoms with Gasteiger partial charge in [0, 0.05) is 29.3 Å². The van der Waals surface area contributed by atoms with Gasteiger partial charge in [-0.05, 0) is 64.5 Å². The number of hydrogen-bond donors (Lipinski definition) is 2. The van der Waals surface area contributed by atoms with E-state index in [-0.39, 0.29) is 24.2 Å². The molecule has 1 aromatic heterocycles. The van der Waals surface area contributed by atoms with Crippen LogP contribution in [0.25, 0.3) is 11.3 Å². The molecule has 2 aromatic carbocycles. The van der Waals surface area contributed by atoms with Crippen LogP contribution < -0.4 is 25.3 Å². The van der Waals surface area contributed by atoms with Gasteiger partial charge in [0.15, 0.2) is 18.1 Å². The number of primary amides is 1. The molecule has 0 saturated heterocycles. The number of pyridine rings is 1. The van der Waals surface area contributed by atoms with E-state index in [1.807, 2.05) is 13.0 Å². The molecule has 0 aliphatic carbocycles. The monoisotopic (exact) mass is 545 g/mol. The van der Waals surface area contributed by atoms with Crippen LogP contribution in [0.15, 0.2) is 53.0 Å². The van der Waals surface area contributed by atoms with Gasteiger partial charge in [-0.15, -0.1) is 0 Å². The number of ether oxygens (including phenoxy) is 3. The van der Waals surface area contributed by atoms with Crippen LogP contribution in [-0.2, 0) is 4.79 Å². The number of rotatable bonds is 10. The average molecular weight is 546 g/mol. The van der Waals surface area contributed by atoms with E-state index < -0.39 is 5.91 Å². The second-order valence-electron chi connectivity index (χ2n) is 7.65. The Kier molecular flexibility index (Phi) is 8.64. The summed E-state index contributed by atoms with van der Waals surface area (Å²) < 4.78 is 30.0. The van der Waals surface area contributed by atoms with Crippen molar-refractivity contribution in [2.45, 2.75) is 12.8 Å². The number of aromatic nitrogens is 1. The van der Waals surface area contributed by atoms with Gasteiger partial charge in [-0.2, -0.15) is 0 Å². The van der Waals surface area contributed by atoms with Crippen LogP contribution >= 0.6 is 15.9 Å². The molecule has 0 aliphatic rings. The molecule has 1 heterocycles. The summed E-state index contributed by atoms with van der Waals surface area (Å²) in [4.78, 5) is 28.4. The SMILES string of the molecule is COc1cc(C(=O)NCC(C)c2ccc(OC)c(-c3ccc(F)c(Br)c3)n2)ccc1OCC(N)=O. The first-order valence-corrected chi connectivity index (χ1v) is 11.4. The highest BCUT2D eigenvalue weighted by Crippen LogP contribution is 2.32. The third-order valence-corrected chi connectivity index (χ3v) is 5.77. The molecule has 0 radical (unpaired) electrons. The fraction of sp³-hybridized carbons (Fsp3) is 0.240. The largest absolute Gasteiger partial charge is 0.494 e. The molecule has 0 aliphatic heterocycles. The van der Waals surface area contributed by atoms with Crippen molar-refractivity contribution in [2.24, 2.45) is 5.73 Å². The minimum absolute atomic E-state index is 0.132. The van der Waals surface area contributed by atoms with Gasteiger partial charge in [0.25, 0.3) is 11.8 Å². The second kappa shape index (κ2) is 11.7. The Morgan fingerprint density at radius 1 is 1.06 bits per heavy atom. The van der Waals surface area contributed by atoms with Gasteiger partial charge in [-0.3, -0.25) is 9.59 Å². The van der Waals surface area contributed by atoms with Crippen molar-refractivity contribution in [1.82, 2.24) is 10.3 Å². The van der Waals surface area contributed by atoms with Crippen LogP contribution in [0.2, 0.25) is 0 Å². The predicted octanol–water partition coefficient (Wildman–Crippen LogP) is 4.07. The highest BCUT2D eigenvalue weighted by molar-refractivity contribution is 9.10. The minimum atomic E-state index is -0.620. The predicted molar refractivity (Wildman–Crippen MR) is 132 cm³/mol. The van der Waals surface area contributed by atoms with E-state index >= 15 is 0 Å². The van der Waals surface area contributed by atoms with Crippen molar-refractivity contribution in [3.8, 4) is 28.5 Å². The van der Waals surface area contributed by atoms with Crippen molar-refractivity contribution in [2.75, 3.05) is 27.4 Å². The second-order valence-corrected chi connectivity index (χ2v) is 8.50. The summed E-state index contributed by atoms with van der Waals surface area (Å²) in [5, 5.41) is 2.88. The lowest BCUT2D eigenvalue weighted by molar-refractivity contribution is -0.119. The van der Waals surface area contributed by atoms with E-state index in [1.54, 1.807) is 31.4 Å². The highest BCUT2D eigenvalue weighted by atomic mass is 79.9. The first-order chi connectivity index (χ1) is 16.7. The van der Waals surface area contributed by atoms with Gasteiger partial charge in [0.05, 0.1) is 18.7 Å². The summed E-state index contributed by atoms with van der Waals surface area (Å²) in [6.07, 6.45) is 0. The maximum atomic E-state index is 13.7. The summed E-state index contributed by atoms with van der Waals surface area (Å²) in [5.74, 6) is -0.277. The molecule has 3 aromatic rings. The maximum absolute atomic E-state index is 13.7. The molecule has 3 rings (SSSR count). The molecule has 0 fully saturated rings. The molecule has 3 N–H and O–H groups in total. The average Bonchev–Trinajstić information content (AvgIpc) is 2.86. The van der Waals surface area contributed by atoms with E-state index in [0.717, 1.165) is 5.69 Å². The smallest absolute Gasteiger partial charge is 0.255 e. The fourth-order valence-corrected chi connectivity index (χ4v) is 3.66.